The standard InChI is InChI=1S/C12H8ClFINO2S/c13-11-5-4-8(14)6-12(11)19(17,18)16-10-3-1-2-9(15)7-10/h1-7,16H. The van der Waals surface area contributed by atoms with E-state index in [0.717, 1.165) is 15.7 Å². The van der Waals surface area contributed by atoms with E-state index in [-0.39, 0.29) is 9.92 Å². The van der Waals surface area contributed by atoms with Crippen LogP contribution in [0.15, 0.2) is 47.4 Å². The van der Waals surface area contributed by atoms with Crippen LogP contribution in [-0.4, -0.2) is 8.42 Å². The average Bonchev–Trinajstić information content (AvgIpc) is 2.31. The summed E-state index contributed by atoms with van der Waals surface area (Å²) in [6.45, 7) is 0. The highest BCUT2D eigenvalue weighted by Gasteiger charge is 2.18. The number of hydrogen-bond acceptors (Lipinski definition) is 2. The average molecular weight is 412 g/mol. The van der Waals surface area contributed by atoms with Gasteiger partial charge < -0.3 is 0 Å². The normalized spacial score (nSPS) is 11.3. The van der Waals surface area contributed by atoms with Gasteiger partial charge in [-0.05, 0) is 59.0 Å². The molecule has 0 saturated carbocycles. The minimum absolute atomic E-state index is 0.0282. The Morgan fingerprint density at radius 2 is 1.89 bits per heavy atom. The molecule has 0 bridgehead atoms. The Morgan fingerprint density at radius 3 is 2.58 bits per heavy atom. The van der Waals surface area contributed by atoms with Gasteiger partial charge in [0.05, 0.1) is 5.02 Å². The molecule has 7 heteroatoms. The molecule has 0 fully saturated rings. The number of anilines is 1. The first kappa shape index (κ1) is 14.5. The van der Waals surface area contributed by atoms with Crippen molar-refractivity contribution in [1.82, 2.24) is 0 Å². The Labute approximate surface area is 129 Å². The van der Waals surface area contributed by atoms with E-state index in [9.17, 15) is 12.8 Å². The third-order valence-corrected chi connectivity index (χ3v) is 4.79. The van der Waals surface area contributed by atoms with E-state index < -0.39 is 15.8 Å². The third kappa shape index (κ3) is 3.58. The number of rotatable bonds is 3. The molecular weight excluding hydrogens is 404 g/mol. The molecule has 19 heavy (non-hydrogen) atoms. The zero-order valence-electron chi connectivity index (χ0n) is 9.40. The summed E-state index contributed by atoms with van der Waals surface area (Å²) < 4.78 is 40.6. The molecule has 0 aromatic heterocycles. The summed E-state index contributed by atoms with van der Waals surface area (Å²) in [5.74, 6) is -0.660. The van der Waals surface area contributed by atoms with Gasteiger partial charge in [0, 0.05) is 9.26 Å². The van der Waals surface area contributed by atoms with Crippen LogP contribution >= 0.6 is 34.2 Å². The van der Waals surface area contributed by atoms with Crippen LogP contribution in [0.2, 0.25) is 5.02 Å². The topological polar surface area (TPSA) is 46.2 Å². The minimum Gasteiger partial charge on any atom is -0.280 e. The van der Waals surface area contributed by atoms with Crippen LogP contribution in [0.1, 0.15) is 0 Å². The van der Waals surface area contributed by atoms with Crippen LogP contribution in [0.25, 0.3) is 0 Å². The maximum absolute atomic E-state index is 13.1. The summed E-state index contributed by atoms with van der Waals surface area (Å²) in [4.78, 5) is -0.284. The largest absolute Gasteiger partial charge is 0.280 e. The summed E-state index contributed by atoms with van der Waals surface area (Å²) >= 11 is 7.85. The number of benzene rings is 2. The Balaban J connectivity index is 2.40. The van der Waals surface area contributed by atoms with Crippen LogP contribution in [0.4, 0.5) is 10.1 Å². The molecule has 0 saturated heterocycles. The number of nitrogens with one attached hydrogen (secondary N) is 1. The lowest BCUT2D eigenvalue weighted by atomic mass is 10.3. The monoisotopic (exact) mass is 411 g/mol. The molecule has 3 nitrogen and oxygen atoms in total. The summed E-state index contributed by atoms with van der Waals surface area (Å²) in [6.07, 6.45) is 0. The fourth-order valence-electron chi connectivity index (χ4n) is 1.45. The Morgan fingerprint density at radius 1 is 1.16 bits per heavy atom. The van der Waals surface area contributed by atoms with E-state index in [0.29, 0.717) is 5.69 Å². The predicted octanol–water partition coefficient (Wildman–Crippen LogP) is 3.88. The highest BCUT2D eigenvalue weighted by atomic mass is 127. The minimum atomic E-state index is -3.91. The van der Waals surface area contributed by atoms with Crippen molar-refractivity contribution in [3.8, 4) is 0 Å². The van der Waals surface area contributed by atoms with Gasteiger partial charge in [-0.3, -0.25) is 4.72 Å². The van der Waals surface area contributed by atoms with Gasteiger partial charge in [0.2, 0.25) is 0 Å². The van der Waals surface area contributed by atoms with Crippen molar-refractivity contribution in [2.24, 2.45) is 0 Å². The fourth-order valence-corrected chi connectivity index (χ4v) is 3.55. The lowest BCUT2D eigenvalue weighted by Gasteiger charge is -2.09. The molecule has 1 N–H and O–H groups in total. The summed E-state index contributed by atoms with van der Waals surface area (Å²) in [7, 11) is -3.91. The fraction of sp³-hybridized carbons (Fsp3) is 0. The van der Waals surface area contributed by atoms with Crippen LogP contribution in [0.5, 0.6) is 0 Å². The molecule has 2 aromatic rings. The van der Waals surface area contributed by atoms with Crippen molar-refractivity contribution < 1.29 is 12.8 Å². The van der Waals surface area contributed by atoms with Gasteiger partial charge >= 0.3 is 0 Å². The maximum Gasteiger partial charge on any atom is 0.263 e. The molecule has 0 aliphatic heterocycles. The predicted molar refractivity (Wildman–Crippen MR) is 81.4 cm³/mol. The highest BCUT2D eigenvalue weighted by molar-refractivity contribution is 14.1. The summed E-state index contributed by atoms with van der Waals surface area (Å²) in [6, 6.07) is 10.0. The lowest BCUT2D eigenvalue weighted by Crippen LogP contribution is -2.13. The first-order valence-corrected chi connectivity index (χ1v) is 8.06. The van der Waals surface area contributed by atoms with Crippen molar-refractivity contribution in [3.05, 3.63) is 56.9 Å². The molecule has 0 unspecified atom stereocenters. The molecule has 0 atom stereocenters. The first-order valence-electron chi connectivity index (χ1n) is 5.12. The molecule has 0 amide bonds. The zero-order valence-corrected chi connectivity index (χ0v) is 13.1. The van der Waals surface area contributed by atoms with Crippen molar-refractivity contribution in [2.45, 2.75) is 4.90 Å². The number of halogens is 3. The van der Waals surface area contributed by atoms with Gasteiger partial charge in [0.15, 0.2) is 0 Å². The first-order chi connectivity index (χ1) is 8.88. The number of sulfonamides is 1. The highest BCUT2D eigenvalue weighted by Crippen LogP contribution is 2.25. The van der Waals surface area contributed by atoms with Gasteiger partial charge in [0.25, 0.3) is 10.0 Å². The molecule has 0 radical (unpaired) electrons. The molecule has 0 spiro atoms. The Bertz CT molecular complexity index is 721. The second-order valence-corrected chi connectivity index (χ2v) is 6.99. The van der Waals surface area contributed by atoms with Crippen molar-refractivity contribution in [3.63, 3.8) is 0 Å². The van der Waals surface area contributed by atoms with Crippen LogP contribution < -0.4 is 4.72 Å². The second-order valence-electron chi connectivity index (χ2n) is 3.69. The van der Waals surface area contributed by atoms with Crippen LogP contribution in [0, 0.1) is 9.39 Å². The molecule has 2 rings (SSSR count). The van der Waals surface area contributed by atoms with Crippen LogP contribution in [-0.2, 0) is 10.0 Å². The summed E-state index contributed by atoms with van der Waals surface area (Å²) in [5, 5.41) is -0.0282. The van der Waals surface area contributed by atoms with Gasteiger partial charge in [-0.2, -0.15) is 0 Å². The van der Waals surface area contributed by atoms with E-state index in [4.69, 9.17) is 11.6 Å². The van der Waals surface area contributed by atoms with E-state index in [2.05, 4.69) is 27.3 Å². The quantitative estimate of drug-likeness (QED) is 0.779. The SMILES string of the molecule is O=S(=O)(Nc1cccc(I)c1)c1cc(F)ccc1Cl. The van der Waals surface area contributed by atoms with Gasteiger partial charge in [-0.25, -0.2) is 12.8 Å². The van der Waals surface area contributed by atoms with E-state index >= 15 is 0 Å². The molecule has 100 valence electrons. The summed E-state index contributed by atoms with van der Waals surface area (Å²) in [5.41, 5.74) is 0.396. The molecular formula is C12H8ClFINO2S. The smallest absolute Gasteiger partial charge is 0.263 e. The van der Waals surface area contributed by atoms with Gasteiger partial charge in [-0.15, -0.1) is 0 Å². The van der Waals surface area contributed by atoms with E-state index in [1.807, 2.05) is 6.07 Å². The number of hydrogen-bond donors (Lipinski definition) is 1. The second kappa shape index (κ2) is 5.64. The van der Waals surface area contributed by atoms with Gasteiger partial charge in [-0.1, -0.05) is 17.7 Å². The van der Waals surface area contributed by atoms with Crippen molar-refractivity contribution in [1.29, 1.82) is 0 Å². The Hall–Kier alpha value is -0.860. The maximum atomic E-state index is 13.1. The Kier molecular flexibility index (Phi) is 4.32. The lowest BCUT2D eigenvalue weighted by molar-refractivity contribution is 0.595. The van der Waals surface area contributed by atoms with Crippen molar-refractivity contribution in [2.75, 3.05) is 4.72 Å². The van der Waals surface area contributed by atoms with Crippen molar-refractivity contribution >= 4 is 49.9 Å². The van der Waals surface area contributed by atoms with Gasteiger partial charge in [0.1, 0.15) is 10.7 Å². The third-order valence-electron chi connectivity index (χ3n) is 2.26. The van der Waals surface area contributed by atoms with E-state index in [1.54, 1.807) is 18.2 Å². The molecule has 2 aromatic carbocycles. The molecule has 0 heterocycles. The van der Waals surface area contributed by atoms with E-state index in [1.165, 1.54) is 6.07 Å². The van der Waals surface area contributed by atoms with Crippen LogP contribution in [0.3, 0.4) is 0 Å². The molecule has 0 aliphatic carbocycles. The zero-order chi connectivity index (χ0) is 14.0. The molecule has 0 aliphatic rings.